The van der Waals surface area contributed by atoms with Crippen LogP contribution in [0.4, 0.5) is 0 Å². The zero-order valence-electron chi connectivity index (χ0n) is 14.8. The van der Waals surface area contributed by atoms with Crippen LogP contribution >= 0.6 is 11.7 Å². The van der Waals surface area contributed by atoms with Crippen LogP contribution < -0.4 is 4.74 Å². The minimum absolute atomic E-state index is 0.150. The van der Waals surface area contributed by atoms with Gasteiger partial charge in [0, 0.05) is 25.4 Å². The Kier molecular flexibility index (Phi) is 4.83. The Morgan fingerprint density at radius 3 is 2.77 bits per heavy atom. The van der Waals surface area contributed by atoms with Crippen LogP contribution in [0.3, 0.4) is 0 Å². The van der Waals surface area contributed by atoms with Gasteiger partial charge in [-0.25, -0.2) is 14.5 Å². The molecule has 0 amide bonds. The fourth-order valence-electron chi connectivity index (χ4n) is 4.11. The number of rotatable bonds is 7. The number of aromatic nitrogens is 2. The number of carbonyl (C=O) groups excluding carboxylic acids is 2. The molecule has 3 aliphatic rings. The first-order chi connectivity index (χ1) is 12.6. The highest BCUT2D eigenvalue weighted by atomic mass is 32.1. The molecule has 3 saturated heterocycles. The van der Waals surface area contributed by atoms with Gasteiger partial charge < -0.3 is 14.2 Å². The molecule has 9 heteroatoms. The average Bonchev–Trinajstić information content (AvgIpc) is 3.29. The van der Waals surface area contributed by atoms with Crippen LogP contribution in [0.2, 0.25) is 0 Å². The van der Waals surface area contributed by atoms with Crippen LogP contribution in [0.15, 0.2) is 0 Å². The van der Waals surface area contributed by atoms with E-state index in [1.165, 1.54) is 24.6 Å². The van der Waals surface area contributed by atoms with E-state index in [1.54, 1.807) is 0 Å². The maximum absolute atomic E-state index is 11.5. The van der Waals surface area contributed by atoms with Crippen molar-refractivity contribution in [1.82, 2.24) is 13.6 Å². The van der Waals surface area contributed by atoms with E-state index in [1.807, 2.05) is 4.90 Å². The lowest BCUT2D eigenvalue weighted by atomic mass is 9.88. The predicted molar refractivity (Wildman–Crippen MR) is 91.5 cm³/mol. The molecule has 26 heavy (non-hydrogen) atoms. The summed E-state index contributed by atoms with van der Waals surface area (Å²) in [6.45, 7) is 4.16. The van der Waals surface area contributed by atoms with E-state index < -0.39 is 17.8 Å². The molecule has 3 aliphatic heterocycles. The van der Waals surface area contributed by atoms with Gasteiger partial charge in [0.05, 0.1) is 18.3 Å². The quantitative estimate of drug-likeness (QED) is 0.403. The zero-order chi connectivity index (χ0) is 18.1. The van der Waals surface area contributed by atoms with Crippen LogP contribution in [0.5, 0.6) is 5.88 Å². The highest BCUT2D eigenvalue weighted by Gasteiger charge is 2.59. The Hall–Kier alpha value is -1.74. The molecule has 1 spiro atoms. The van der Waals surface area contributed by atoms with Gasteiger partial charge in [-0.1, -0.05) is 26.2 Å². The molecule has 0 N–H and O–H groups in total. The summed E-state index contributed by atoms with van der Waals surface area (Å²) in [4.78, 5) is 25.0. The smallest absolute Gasteiger partial charge is 0.421 e. The first-order valence-corrected chi connectivity index (χ1v) is 10.0. The fraction of sp³-hybridized carbons (Fsp3) is 0.765. The number of hydrogen-bond acceptors (Lipinski definition) is 9. The molecule has 142 valence electrons. The third kappa shape index (κ3) is 3.07. The van der Waals surface area contributed by atoms with Crippen molar-refractivity contribution in [3.63, 3.8) is 0 Å². The highest BCUT2D eigenvalue weighted by molar-refractivity contribution is 6.99. The maximum Gasteiger partial charge on any atom is 0.421 e. The molecule has 3 unspecified atom stereocenters. The van der Waals surface area contributed by atoms with Gasteiger partial charge in [0.25, 0.3) is 0 Å². The molecule has 3 atom stereocenters. The average molecular weight is 381 g/mol. The van der Waals surface area contributed by atoms with Gasteiger partial charge in [0.1, 0.15) is 5.69 Å². The van der Waals surface area contributed by atoms with Crippen LogP contribution in [0.1, 0.15) is 57.1 Å². The van der Waals surface area contributed by atoms with Crippen molar-refractivity contribution in [1.29, 1.82) is 0 Å². The molecule has 1 aromatic heterocycles. The minimum Gasteiger partial charge on any atom is -0.476 e. The summed E-state index contributed by atoms with van der Waals surface area (Å²) in [6.07, 6.45) is 5.87. The lowest BCUT2D eigenvalue weighted by molar-refractivity contribution is -0.257. The van der Waals surface area contributed by atoms with Gasteiger partial charge >= 0.3 is 17.8 Å². The van der Waals surface area contributed by atoms with Crippen LogP contribution in [-0.4, -0.2) is 51.2 Å². The van der Waals surface area contributed by atoms with Gasteiger partial charge in [-0.05, 0) is 18.8 Å². The first kappa shape index (κ1) is 17.7. The summed E-state index contributed by atoms with van der Waals surface area (Å²) in [5, 5.41) is 0. The van der Waals surface area contributed by atoms with Gasteiger partial charge in [0.15, 0.2) is 0 Å². The molecule has 8 nitrogen and oxygen atoms in total. The molecule has 4 heterocycles. The Morgan fingerprint density at radius 1 is 1.19 bits per heavy atom. The Labute approximate surface area is 156 Å². The van der Waals surface area contributed by atoms with E-state index in [4.69, 9.17) is 14.2 Å². The Morgan fingerprint density at radius 2 is 2.00 bits per heavy atom. The Balaban J connectivity index is 1.42. The lowest BCUT2D eigenvalue weighted by Crippen LogP contribution is -2.51. The fourth-order valence-corrected chi connectivity index (χ4v) is 4.68. The SMILES string of the molecule is CCCCCCOc1nsnc1C1CN2CC1CCC21OC(=O)C(=O)O1. The summed E-state index contributed by atoms with van der Waals surface area (Å²) in [5.74, 6) is -1.89. The van der Waals surface area contributed by atoms with E-state index in [2.05, 4.69) is 15.7 Å². The number of fused-ring (bicyclic) bond motifs is 3. The monoisotopic (exact) mass is 381 g/mol. The summed E-state index contributed by atoms with van der Waals surface area (Å²) in [6, 6.07) is 0. The van der Waals surface area contributed by atoms with Gasteiger partial charge in [0.2, 0.25) is 5.88 Å². The molecule has 0 aliphatic carbocycles. The molecule has 1 aromatic rings. The number of ether oxygens (including phenoxy) is 3. The summed E-state index contributed by atoms with van der Waals surface area (Å²) in [7, 11) is 0. The number of nitrogens with zero attached hydrogens (tertiary/aromatic N) is 3. The third-order valence-corrected chi connectivity index (χ3v) is 6.02. The molecule has 0 saturated carbocycles. The zero-order valence-corrected chi connectivity index (χ0v) is 15.6. The second-order valence-electron chi connectivity index (χ2n) is 7.17. The van der Waals surface area contributed by atoms with Gasteiger partial charge in [-0.3, -0.25) is 0 Å². The van der Waals surface area contributed by atoms with Crippen molar-refractivity contribution >= 4 is 23.7 Å². The summed E-state index contributed by atoms with van der Waals surface area (Å²) < 4.78 is 25.3. The minimum atomic E-state index is -1.22. The van der Waals surface area contributed by atoms with Crippen molar-refractivity contribution in [3.8, 4) is 5.88 Å². The van der Waals surface area contributed by atoms with Crippen molar-refractivity contribution in [3.05, 3.63) is 5.69 Å². The highest BCUT2D eigenvalue weighted by Crippen LogP contribution is 2.48. The van der Waals surface area contributed by atoms with Crippen molar-refractivity contribution < 1.29 is 23.8 Å². The van der Waals surface area contributed by atoms with Crippen LogP contribution in [-0.2, 0) is 19.1 Å². The second kappa shape index (κ2) is 7.11. The molecule has 4 rings (SSSR count). The van der Waals surface area contributed by atoms with E-state index >= 15 is 0 Å². The standard InChI is InChI=1S/C17H23N3O5S/c1-2-3-4-5-8-23-14-13(18-26-19-14)12-10-20-9-11(12)6-7-17(20)24-15(21)16(22)25-17/h11-12H,2-10H2,1H3. The number of hydrogen-bond donors (Lipinski definition) is 0. The number of carbonyl (C=O) groups is 2. The summed E-state index contributed by atoms with van der Waals surface area (Å²) >= 11 is 1.17. The Bertz CT molecular complexity index is 678. The number of unbranched alkanes of at least 4 members (excludes halogenated alkanes) is 3. The molecular weight excluding hydrogens is 358 g/mol. The molecule has 2 bridgehead atoms. The van der Waals surface area contributed by atoms with E-state index in [9.17, 15) is 9.59 Å². The normalized spacial score (nSPS) is 29.0. The largest absolute Gasteiger partial charge is 0.476 e. The van der Waals surface area contributed by atoms with E-state index in [0.717, 1.165) is 25.0 Å². The number of esters is 2. The molecule has 0 radical (unpaired) electrons. The van der Waals surface area contributed by atoms with Crippen molar-refractivity contribution in [2.45, 2.75) is 57.3 Å². The number of piperidine rings is 1. The predicted octanol–water partition coefficient (Wildman–Crippen LogP) is 2.06. The second-order valence-corrected chi connectivity index (χ2v) is 7.69. The van der Waals surface area contributed by atoms with E-state index in [-0.39, 0.29) is 5.92 Å². The topological polar surface area (TPSA) is 90.9 Å². The first-order valence-electron chi connectivity index (χ1n) is 9.29. The van der Waals surface area contributed by atoms with Gasteiger partial charge in [-0.2, -0.15) is 4.37 Å². The molecule has 3 fully saturated rings. The summed E-state index contributed by atoms with van der Waals surface area (Å²) in [5.41, 5.74) is 0.880. The van der Waals surface area contributed by atoms with Crippen molar-refractivity contribution in [2.75, 3.05) is 19.7 Å². The maximum atomic E-state index is 11.5. The lowest BCUT2D eigenvalue weighted by Gasteiger charge is -2.37. The van der Waals surface area contributed by atoms with Crippen LogP contribution in [0, 0.1) is 5.92 Å². The molecular formula is C17H23N3O5S. The van der Waals surface area contributed by atoms with Crippen molar-refractivity contribution in [2.24, 2.45) is 5.92 Å². The van der Waals surface area contributed by atoms with Gasteiger partial charge in [-0.15, -0.1) is 4.37 Å². The third-order valence-electron chi connectivity index (χ3n) is 5.49. The van der Waals surface area contributed by atoms with Crippen LogP contribution in [0.25, 0.3) is 0 Å². The van der Waals surface area contributed by atoms with E-state index in [0.29, 0.717) is 37.9 Å². The molecule has 0 aromatic carbocycles.